The Hall–Kier alpha value is -2.40. The Balaban J connectivity index is 1.71. The Morgan fingerprint density at radius 2 is 1.82 bits per heavy atom. The molecule has 0 atom stereocenters. The molecule has 2 aromatic carbocycles. The third-order valence-corrected chi connectivity index (χ3v) is 3.85. The average molecular weight is 357 g/mol. The zero-order valence-corrected chi connectivity index (χ0v) is 13.2. The number of carbonyl (C=O) groups excluding carboxylic acids is 1. The van der Waals surface area contributed by atoms with Crippen LogP contribution in [0.15, 0.2) is 71.5 Å². The first-order valence-electron chi connectivity index (χ1n) is 6.74. The Labute approximate surface area is 136 Å². The summed E-state index contributed by atoms with van der Waals surface area (Å²) in [5, 5.41) is 4.07. The molecule has 0 aliphatic carbocycles. The van der Waals surface area contributed by atoms with Crippen molar-refractivity contribution in [1.82, 2.24) is 9.78 Å². The van der Waals surface area contributed by atoms with Crippen LogP contribution in [0, 0.1) is 0 Å². The number of carbonyl (C=O) groups is 1. The molecular weight excluding hydrogens is 344 g/mol. The molecule has 0 saturated carbocycles. The fourth-order valence-corrected chi connectivity index (χ4v) is 2.56. The summed E-state index contributed by atoms with van der Waals surface area (Å²) in [5.74, 6) is 0. The predicted octanol–water partition coefficient (Wildman–Crippen LogP) is 4.50. The molecule has 0 spiro atoms. The molecule has 0 N–H and O–H groups in total. The first-order chi connectivity index (χ1) is 10.7. The zero-order valence-electron chi connectivity index (χ0n) is 11.6. The second-order valence-electron chi connectivity index (χ2n) is 4.69. The van der Waals surface area contributed by atoms with Crippen LogP contribution in [0.3, 0.4) is 0 Å². The van der Waals surface area contributed by atoms with Crippen molar-refractivity contribution < 1.29 is 9.53 Å². The smallest absolute Gasteiger partial charge is 0.435 e. The van der Waals surface area contributed by atoms with Crippen LogP contribution in [-0.4, -0.2) is 15.9 Å². The monoisotopic (exact) mass is 356 g/mol. The lowest BCUT2D eigenvalue weighted by Gasteiger charge is -2.04. The number of rotatable bonds is 3. The lowest BCUT2D eigenvalue weighted by Crippen LogP contribution is -2.13. The topological polar surface area (TPSA) is 44.1 Å². The van der Waals surface area contributed by atoms with Crippen molar-refractivity contribution in [2.24, 2.45) is 0 Å². The standard InChI is InChI=1S/C17H13BrN2O2/c18-16-9-5-4-8-15(16)14-10-19-20(11-14)17(21)22-12-13-6-2-1-3-7-13/h1-11H,12H2. The molecule has 3 rings (SSSR count). The maximum Gasteiger partial charge on any atom is 0.435 e. The zero-order chi connectivity index (χ0) is 15.4. The van der Waals surface area contributed by atoms with Gasteiger partial charge in [0.05, 0.1) is 6.20 Å². The quantitative estimate of drug-likeness (QED) is 0.693. The van der Waals surface area contributed by atoms with Crippen LogP contribution >= 0.6 is 15.9 Å². The number of aromatic nitrogens is 2. The summed E-state index contributed by atoms with van der Waals surface area (Å²) in [6.45, 7) is 0.226. The molecule has 0 saturated heterocycles. The summed E-state index contributed by atoms with van der Waals surface area (Å²) in [7, 11) is 0. The van der Waals surface area contributed by atoms with E-state index in [9.17, 15) is 4.79 Å². The molecule has 5 heteroatoms. The van der Waals surface area contributed by atoms with E-state index >= 15 is 0 Å². The Morgan fingerprint density at radius 3 is 2.59 bits per heavy atom. The van der Waals surface area contributed by atoms with E-state index in [4.69, 9.17) is 4.74 Å². The van der Waals surface area contributed by atoms with Gasteiger partial charge in [-0.05, 0) is 17.2 Å². The molecule has 0 aliphatic heterocycles. The van der Waals surface area contributed by atoms with Gasteiger partial charge in [-0.3, -0.25) is 0 Å². The molecule has 0 bridgehead atoms. The number of nitrogens with zero attached hydrogens (tertiary/aromatic N) is 2. The summed E-state index contributed by atoms with van der Waals surface area (Å²) in [4.78, 5) is 12.0. The lowest BCUT2D eigenvalue weighted by atomic mass is 10.1. The van der Waals surface area contributed by atoms with Gasteiger partial charge >= 0.3 is 6.09 Å². The predicted molar refractivity (Wildman–Crippen MR) is 87.4 cm³/mol. The minimum atomic E-state index is -0.498. The summed E-state index contributed by atoms with van der Waals surface area (Å²) in [5.41, 5.74) is 2.77. The third kappa shape index (κ3) is 3.26. The Kier molecular flexibility index (Phi) is 4.34. The van der Waals surface area contributed by atoms with E-state index in [1.54, 1.807) is 12.4 Å². The van der Waals surface area contributed by atoms with Gasteiger partial charge in [-0.2, -0.15) is 9.78 Å². The van der Waals surface area contributed by atoms with Gasteiger partial charge in [-0.25, -0.2) is 4.79 Å². The fourth-order valence-electron chi connectivity index (χ4n) is 2.04. The van der Waals surface area contributed by atoms with Crippen molar-refractivity contribution in [3.8, 4) is 11.1 Å². The number of hydrogen-bond donors (Lipinski definition) is 0. The molecule has 0 aliphatic rings. The average Bonchev–Trinajstić information content (AvgIpc) is 3.04. The maximum atomic E-state index is 12.0. The molecular formula is C17H13BrN2O2. The molecule has 1 aromatic heterocycles. The molecule has 0 amide bonds. The van der Waals surface area contributed by atoms with Crippen molar-refractivity contribution in [3.05, 3.63) is 77.0 Å². The number of benzene rings is 2. The molecule has 0 unspecified atom stereocenters. The minimum absolute atomic E-state index is 0.226. The van der Waals surface area contributed by atoms with Crippen molar-refractivity contribution in [1.29, 1.82) is 0 Å². The van der Waals surface area contributed by atoms with Crippen LogP contribution in [0.5, 0.6) is 0 Å². The van der Waals surface area contributed by atoms with Crippen LogP contribution in [0.25, 0.3) is 11.1 Å². The van der Waals surface area contributed by atoms with E-state index in [0.717, 1.165) is 21.2 Å². The van der Waals surface area contributed by atoms with Crippen LogP contribution in [0.2, 0.25) is 0 Å². The molecule has 110 valence electrons. The van der Waals surface area contributed by atoms with E-state index in [1.165, 1.54) is 4.68 Å². The largest absolute Gasteiger partial charge is 0.443 e. The van der Waals surface area contributed by atoms with Gasteiger partial charge in [0.1, 0.15) is 6.61 Å². The highest BCUT2D eigenvalue weighted by Crippen LogP contribution is 2.27. The third-order valence-electron chi connectivity index (χ3n) is 3.16. The SMILES string of the molecule is O=C(OCc1ccccc1)n1cc(-c2ccccc2Br)cn1. The number of ether oxygens (including phenoxy) is 1. The first-order valence-corrected chi connectivity index (χ1v) is 7.54. The van der Waals surface area contributed by atoms with E-state index < -0.39 is 6.09 Å². The van der Waals surface area contributed by atoms with E-state index in [1.807, 2.05) is 54.6 Å². The highest BCUT2D eigenvalue weighted by atomic mass is 79.9. The van der Waals surface area contributed by atoms with Gasteiger partial charge in [0.15, 0.2) is 0 Å². The van der Waals surface area contributed by atoms with Gasteiger partial charge in [0, 0.05) is 16.2 Å². The second kappa shape index (κ2) is 6.58. The number of hydrogen-bond acceptors (Lipinski definition) is 3. The Bertz CT molecular complexity index is 784. The maximum absolute atomic E-state index is 12.0. The summed E-state index contributed by atoms with van der Waals surface area (Å²) in [6.07, 6.45) is 2.80. The first kappa shape index (κ1) is 14.5. The Morgan fingerprint density at radius 1 is 1.09 bits per heavy atom. The van der Waals surface area contributed by atoms with Gasteiger partial charge < -0.3 is 4.74 Å². The minimum Gasteiger partial charge on any atom is -0.443 e. The molecule has 4 nitrogen and oxygen atoms in total. The van der Waals surface area contributed by atoms with Gasteiger partial charge in [0.25, 0.3) is 0 Å². The van der Waals surface area contributed by atoms with E-state index in [2.05, 4.69) is 21.0 Å². The normalized spacial score (nSPS) is 10.4. The van der Waals surface area contributed by atoms with Crippen LogP contribution in [0.4, 0.5) is 4.79 Å². The van der Waals surface area contributed by atoms with Crippen LogP contribution < -0.4 is 0 Å². The summed E-state index contributed by atoms with van der Waals surface area (Å²) < 4.78 is 7.40. The van der Waals surface area contributed by atoms with E-state index in [0.29, 0.717) is 0 Å². The van der Waals surface area contributed by atoms with Crippen molar-refractivity contribution in [2.75, 3.05) is 0 Å². The highest BCUT2D eigenvalue weighted by Gasteiger charge is 2.11. The van der Waals surface area contributed by atoms with Gasteiger partial charge in [-0.15, -0.1) is 0 Å². The van der Waals surface area contributed by atoms with Gasteiger partial charge in [-0.1, -0.05) is 64.5 Å². The van der Waals surface area contributed by atoms with Crippen LogP contribution in [0.1, 0.15) is 5.56 Å². The fraction of sp³-hybridized carbons (Fsp3) is 0.0588. The van der Waals surface area contributed by atoms with Crippen molar-refractivity contribution in [2.45, 2.75) is 6.61 Å². The van der Waals surface area contributed by atoms with Crippen molar-refractivity contribution in [3.63, 3.8) is 0 Å². The molecule has 22 heavy (non-hydrogen) atoms. The van der Waals surface area contributed by atoms with Crippen molar-refractivity contribution >= 4 is 22.0 Å². The lowest BCUT2D eigenvalue weighted by molar-refractivity contribution is 0.138. The van der Waals surface area contributed by atoms with Gasteiger partial charge in [0.2, 0.25) is 0 Å². The number of halogens is 1. The summed E-state index contributed by atoms with van der Waals surface area (Å²) >= 11 is 3.49. The second-order valence-corrected chi connectivity index (χ2v) is 5.55. The highest BCUT2D eigenvalue weighted by molar-refractivity contribution is 9.10. The molecule has 3 aromatic rings. The van der Waals surface area contributed by atoms with E-state index in [-0.39, 0.29) is 6.61 Å². The molecule has 1 heterocycles. The molecule has 0 radical (unpaired) electrons. The summed E-state index contributed by atoms with van der Waals surface area (Å²) in [6, 6.07) is 17.3. The molecule has 0 fully saturated rings. The van der Waals surface area contributed by atoms with Crippen LogP contribution in [-0.2, 0) is 11.3 Å².